The highest BCUT2D eigenvalue weighted by Crippen LogP contribution is 2.42. The number of phenols is 1. The van der Waals surface area contributed by atoms with Crippen molar-refractivity contribution in [3.63, 3.8) is 0 Å². The third-order valence-corrected chi connectivity index (χ3v) is 7.03. The van der Waals surface area contributed by atoms with E-state index in [9.17, 15) is 19.8 Å². The van der Waals surface area contributed by atoms with Crippen LogP contribution >= 0.6 is 0 Å². The lowest BCUT2D eigenvalue weighted by Crippen LogP contribution is -2.34. The molecule has 1 heterocycles. The van der Waals surface area contributed by atoms with E-state index in [4.69, 9.17) is 9.47 Å². The van der Waals surface area contributed by atoms with Crippen molar-refractivity contribution in [3.8, 4) is 17.2 Å². The molecule has 8 heteroatoms. The number of rotatable bonds is 15. The Morgan fingerprint density at radius 2 is 1.59 bits per heavy atom. The zero-order chi connectivity index (χ0) is 28.4. The summed E-state index contributed by atoms with van der Waals surface area (Å²) in [7, 11) is 1.55. The van der Waals surface area contributed by atoms with Crippen LogP contribution in [0.4, 0.5) is 0 Å². The van der Waals surface area contributed by atoms with Crippen LogP contribution < -0.4 is 9.47 Å². The molecule has 0 aliphatic carbocycles. The summed E-state index contributed by atoms with van der Waals surface area (Å²) in [4.78, 5) is 30.7. The highest BCUT2D eigenvalue weighted by atomic mass is 16.5. The number of likely N-dealkylation sites (tertiary alicyclic amines) is 1. The van der Waals surface area contributed by atoms with E-state index in [-0.39, 0.29) is 22.8 Å². The van der Waals surface area contributed by atoms with E-state index in [0.717, 1.165) is 45.3 Å². The maximum atomic E-state index is 13.4. The van der Waals surface area contributed by atoms with E-state index >= 15 is 0 Å². The topological polar surface area (TPSA) is 99.5 Å². The number of unbranched alkanes of at least 4 members (excludes halogenated alkanes) is 2. The predicted molar refractivity (Wildman–Crippen MR) is 152 cm³/mol. The Hall–Kier alpha value is -3.52. The van der Waals surface area contributed by atoms with E-state index in [0.29, 0.717) is 36.4 Å². The lowest BCUT2D eigenvalue weighted by atomic mass is 9.95. The number of aliphatic hydroxyl groups excluding tert-OH is 1. The molecule has 2 N–H and O–H groups in total. The number of nitrogens with zero attached hydrogens (tertiary/aromatic N) is 2. The van der Waals surface area contributed by atoms with Crippen LogP contribution in [0.2, 0.25) is 0 Å². The largest absolute Gasteiger partial charge is 0.507 e. The monoisotopic (exact) mass is 538 g/mol. The van der Waals surface area contributed by atoms with Gasteiger partial charge < -0.3 is 29.5 Å². The number of carbonyl (C=O) groups is 2. The van der Waals surface area contributed by atoms with Crippen LogP contribution in [0.5, 0.6) is 17.2 Å². The van der Waals surface area contributed by atoms with Gasteiger partial charge in [-0.2, -0.15) is 0 Å². The first-order chi connectivity index (χ1) is 18.9. The molecule has 1 aliphatic heterocycles. The number of hydrogen-bond acceptors (Lipinski definition) is 7. The van der Waals surface area contributed by atoms with Gasteiger partial charge in [0.25, 0.3) is 11.7 Å². The molecule has 2 aromatic carbocycles. The molecule has 3 rings (SSSR count). The summed E-state index contributed by atoms with van der Waals surface area (Å²) in [5.74, 6) is -0.783. The Morgan fingerprint density at radius 1 is 0.949 bits per heavy atom. The second kappa shape index (κ2) is 14.6. The lowest BCUT2D eigenvalue weighted by molar-refractivity contribution is -0.140. The molecule has 39 heavy (non-hydrogen) atoms. The van der Waals surface area contributed by atoms with Crippen LogP contribution in [0.3, 0.4) is 0 Å². The van der Waals surface area contributed by atoms with Crippen LogP contribution in [0.15, 0.2) is 48.0 Å². The Kier molecular flexibility index (Phi) is 11.2. The molecule has 2 aromatic rings. The van der Waals surface area contributed by atoms with E-state index in [2.05, 4.69) is 18.7 Å². The number of methoxy groups -OCH3 is 1. The molecule has 1 fully saturated rings. The van der Waals surface area contributed by atoms with E-state index < -0.39 is 17.7 Å². The van der Waals surface area contributed by atoms with Crippen molar-refractivity contribution in [2.45, 2.75) is 58.9 Å². The summed E-state index contributed by atoms with van der Waals surface area (Å²) in [5, 5.41) is 21.6. The van der Waals surface area contributed by atoms with Crippen molar-refractivity contribution >= 4 is 17.4 Å². The fraction of sp³-hybridized carbons (Fsp3) is 0.484. The standard InChI is InChI=1S/C31H42N2O6/c1-5-8-17-32(18-9-6-2)19-10-20-33-28(23-13-16-25(34)26(21-23)39-7-3)27(30(36)31(33)37)29(35)22-11-14-24(38-4)15-12-22/h11-16,21,28,34-35H,5-10,17-20H2,1-4H3/t28-/m1/s1. The second-order valence-corrected chi connectivity index (χ2v) is 9.78. The molecule has 0 bridgehead atoms. The molecule has 1 saturated heterocycles. The highest BCUT2D eigenvalue weighted by Gasteiger charge is 2.46. The van der Waals surface area contributed by atoms with Crippen LogP contribution in [0, 0.1) is 0 Å². The van der Waals surface area contributed by atoms with Crippen LogP contribution in [0.1, 0.15) is 70.0 Å². The fourth-order valence-electron chi connectivity index (χ4n) is 4.90. The SMILES string of the molecule is CCCCN(CCCC)CCCN1C(=O)C(=O)C(=C(O)c2ccc(OC)cc2)[C@H]1c1ccc(O)c(OCC)c1. The predicted octanol–water partition coefficient (Wildman–Crippen LogP) is 5.51. The number of Topliss-reactive ketones (excluding diaryl/α,β-unsaturated/α-hetero) is 1. The normalized spacial score (nSPS) is 16.7. The first-order valence-corrected chi connectivity index (χ1v) is 14.0. The number of amides is 1. The Labute approximate surface area is 231 Å². The number of ketones is 1. The lowest BCUT2D eigenvalue weighted by Gasteiger charge is -2.28. The third kappa shape index (κ3) is 7.32. The summed E-state index contributed by atoms with van der Waals surface area (Å²) < 4.78 is 10.8. The van der Waals surface area contributed by atoms with Gasteiger partial charge in [-0.25, -0.2) is 0 Å². The Bertz CT molecular complexity index is 1140. The summed E-state index contributed by atoms with van der Waals surface area (Å²) in [6.45, 7) is 9.68. The Morgan fingerprint density at radius 3 is 2.18 bits per heavy atom. The molecule has 0 spiro atoms. The van der Waals surface area contributed by atoms with Crippen LogP contribution in [-0.2, 0) is 9.59 Å². The van der Waals surface area contributed by atoms with Gasteiger partial charge in [0.2, 0.25) is 0 Å². The van der Waals surface area contributed by atoms with Gasteiger partial charge in [-0.15, -0.1) is 0 Å². The van der Waals surface area contributed by atoms with Crippen molar-refractivity contribution in [1.82, 2.24) is 9.80 Å². The minimum absolute atomic E-state index is 0.0205. The zero-order valence-corrected chi connectivity index (χ0v) is 23.6. The van der Waals surface area contributed by atoms with Gasteiger partial charge in [0.1, 0.15) is 11.5 Å². The minimum Gasteiger partial charge on any atom is -0.507 e. The van der Waals surface area contributed by atoms with Gasteiger partial charge in [-0.1, -0.05) is 32.8 Å². The number of hydrogen-bond donors (Lipinski definition) is 2. The van der Waals surface area contributed by atoms with Crippen molar-refractivity contribution in [3.05, 3.63) is 59.2 Å². The van der Waals surface area contributed by atoms with Crippen molar-refractivity contribution in [1.29, 1.82) is 0 Å². The molecule has 0 saturated carbocycles. The van der Waals surface area contributed by atoms with Crippen molar-refractivity contribution < 1.29 is 29.3 Å². The molecule has 1 aliphatic rings. The molecule has 0 unspecified atom stereocenters. The van der Waals surface area contributed by atoms with Gasteiger partial charge in [-0.05, 0) is 87.8 Å². The number of benzene rings is 2. The molecule has 1 amide bonds. The first kappa shape index (κ1) is 30.0. The van der Waals surface area contributed by atoms with Gasteiger partial charge >= 0.3 is 0 Å². The summed E-state index contributed by atoms with van der Waals surface area (Å²) in [6.07, 6.45) is 5.15. The summed E-state index contributed by atoms with van der Waals surface area (Å²) in [6, 6.07) is 10.7. The number of phenolic OH excluding ortho intramolecular Hbond substituents is 1. The first-order valence-electron chi connectivity index (χ1n) is 14.0. The van der Waals surface area contributed by atoms with Gasteiger partial charge in [0, 0.05) is 12.1 Å². The zero-order valence-electron chi connectivity index (χ0n) is 23.6. The molecular weight excluding hydrogens is 496 g/mol. The quantitative estimate of drug-likeness (QED) is 0.175. The molecule has 1 atom stereocenters. The molecule has 8 nitrogen and oxygen atoms in total. The fourth-order valence-corrected chi connectivity index (χ4v) is 4.90. The molecule has 212 valence electrons. The van der Waals surface area contributed by atoms with E-state index in [1.807, 2.05) is 6.92 Å². The highest BCUT2D eigenvalue weighted by molar-refractivity contribution is 6.46. The number of aliphatic hydroxyl groups is 1. The average Bonchev–Trinajstić information content (AvgIpc) is 3.20. The number of ether oxygens (including phenoxy) is 2. The van der Waals surface area contributed by atoms with Crippen LogP contribution in [0.25, 0.3) is 5.76 Å². The Balaban J connectivity index is 1.98. The van der Waals surface area contributed by atoms with E-state index in [1.54, 1.807) is 43.5 Å². The van der Waals surface area contributed by atoms with Gasteiger partial charge in [0.05, 0.1) is 25.3 Å². The van der Waals surface area contributed by atoms with E-state index in [1.165, 1.54) is 11.0 Å². The second-order valence-electron chi connectivity index (χ2n) is 9.78. The van der Waals surface area contributed by atoms with Crippen LogP contribution in [-0.4, -0.2) is 71.6 Å². The van der Waals surface area contributed by atoms with Gasteiger partial charge in [0.15, 0.2) is 11.5 Å². The molecule has 0 aromatic heterocycles. The smallest absolute Gasteiger partial charge is 0.295 e. The third-order valence-electron chi connectivity index (χ3n) is 7.03. The van der Waals surface area contributed by atoms with Crippen molar-refractivity contribution in [2.24, 2.45) is 0 Å². The molecular formula is C31H42N2O6. The summed E-state index contributed by atoms with van der Waals surface area (Å²) in [5.41, 5.74) is 1.01. The van der Waals surface area contributed by atoms with Crippen molar-refractivity contribution in [2.75, 3.05) is 39.9 Å². The summed E-state index contributed by atoms with van der Waals surface area (Å²) >= 11 is 0. The number of carbonyl (C=O) groups excluding carboxylic acids is 2. The maximum absolute atomic E-state index is 13.4. The number of aromatic hydroxyl groups is 1. The maximum Gasteiger partial charge on any atom is 0.295 e. The minimum atomic E-state index is -0.813. The average molecular weight is 539 g/mol. The van der Waals surface area contributed by atoms with Gasteiger partial charge in [-0.3, -0.25) is 9.59 Å². The molecule has 0 radical (unpaired) electrons.